The standard InChI is InChI=1S/C20H23ClN2OS/c1-6-14-15(12-7-9-13(10-8-12)20(3,4)5)16-18(24)22-17(11(2)21)23-19(16)25-14/h7-11H,6H2,1-5H3,(H,22,23,24). The van der Waals surface area contributed by atoms with Crippen LogP contribution in [0.4, 0.5) is 0 Å². The zero-order valence-corrected chi connectivity index (χ0v) is 16.8. The fraction of sp³-hybridized carbons (Fsp3) is 0.400. The van der Waals surface area contributed by atoms with Gasteiger partial charge in [-0.25, -0.2) is 4.98 Å². The molecular formula is C20H23ClN2OS. The van der Waals surface area contributed by atoms with E-state index in [-0.39, 0.29) is 16.4 Å². The number of halogens is 1. The van der Waals surface area contributed by atoms with Crippen LogP contribution >= 0.6 is 22.9 Å². The Bertz CT molecular complexity index is 962. The quantitative estimate of drug-likeness (QED) is 0.588. The van der Waals surface area contributed by atoms with Gasteiger partial charge in [-0.05, 0) is 29.9 Å². The molecule has 1 aromatic carbocycles. The van der Waals surface area contributed by atoms with Gasteiger partial charge in [-0.15, -0.1) is 22.9 Å². The molecule has 2 heterocycles. The largest absolute Gasteiger partial charge is 0.309 e. The first kappa shape index (κ1) is 18.2. The number of hydrogen-bond donors (Lipinski definition) is 1. The van der Waals surface area contributed by atoms with Gasteiger partial charge in [0.25, 0.3) is 5.56 Å². The Morgan fingerprint density at radius 3 is 2.40 bits per heavy atom. The lowest BCUT2D eigenvalue weighted by molar-refractivity contribution is 0.590. The van der Waals surface area contributed by atoms with Gasteiger partial charge >= 0.3 is 0 Å². The van der Waals surface area contributed by atoms with Crippen molar-refractivity contribution in [3.05, 3.63) is 50.9 Å². The van der Waals surface area contributed by atoms with Crippen molar-refractivity contribution < 1.29 is 0 Å². The second kappa shape index (κ2) is 6.58. The molecule has 0 aliphatic heterocycles. The fourth-order valence-corrected chi connectivity index (χ4v) is 4.19. The summed E-state index contributed by atoms with van der Waals surface area (Å²) in [4.78, 5) is 22.1. The summed E-state index contributed by atoms with van der Waals surface area (Å²) in [5.74, 6) is 0.526. The molecule has 132 valence electrons. The first-order chi connectivity index (χ1) is 11.7. The van der Waals surface area contributed by atoms with Crippen molar-refractivity contribution in [3.63, 3.8) is 0 Å². The van der Waals surface area contributed by atoms with E-state index in [1.807, 2.05) is 6.92 Å². The van der Waals surface area contributed by atoms with E-state index in [0.717, 1.165) is 22.4 Å². The van der Waals surface area contributed by atoms with Crippen molar-refractivity contribution in [1.29, 1.82) is 0 Å². The van der Waals surface area contributed by atoms with Crippen LogP contribution in [0.3, 0.4) is 0 Å². The summed E-state index contributed by atoms with van der Waals surface area (Å²) in [6.07, 6.45) is 0.864. The molecular weight excluding hydrogens is 352 g/mol. The number of H-pyrrole nitrogens is 1. The lowest BCUT2D eigenvalue weighted by Gasteiger charge is -2.19. The van der Waals surface area contributed by atoms with Crippen molar-refractivity contribution in [2.24, 2.45) is 0 Å². The molecule has 0 amide bonds. The lowest BCUT2D eigenvalue weighted by atomic mass is 9.86. The number of benzene rings is 1. The Labute approximate surface area is 157 Å². The highest BCUT2D eigenvalue weighted by atomic mass is 35.5. The van der Waals surface area contributed by atoms with E-state index >= 15 is 0 Å². The molecule has 0 aliphatic rings. The summed E-state index contributed by atoms with van der Waals surface area (Å²) in [5.41, 5.74) is 3.34. The predicted molar refractivity (Wildman–Crippen MR) is 108 cm³/mol. The van der Waals surface area contributed by atoms with Crippen molar-refractivity contribution in [2.45, 2.75) is 51.8 Å². The minimum atomic E-state index is -0.321. The minimum Gasteiger partial charge on any atom is -0.309 e. The van der Waals surface area contributed by atoms with Crippen LogP contribution in [-0.4, -0.2) is 9.97 Å². The van der Waals surface area contributed by atoms with Crippen LogP contribution in [-0.2, 0) is 11.8 Å². The zero-order valence-electron chi connectivity index (χ0n) is 15.2. The number of nitrogens with zero attached hydrogens (tertiary/aromatic N) is 1. The second-order valence-corrected chi connectivity index (χ2v) is 9.07. The van der Waals surface area contributed by atoms with Gasteiger partial charge < -0.3 is 4.98 Å². The van der Waals surface area contributed by atoms with E-state index in [9.17, 15) is 4.79 Å². The first-order valence-electron chi connectivity index (χ1n) is 8.53. The fourth-order valence-electron chi connectivity index (χ4n) is 2.95. The molecule has 3 aromatic rings. The molecule has 1 N–H and O–H groups in total. The topological polar surface area (TPSA) is 45.8 Å². The predicted octanol–water partition coefficient (Wildman–Crippen LogP) is 5.81. The number of aromatic amines is 1. The third-order valence-electron chi connectivity index (χ3n) is 4.39. The van der Waals surface area contributed by atoms with Crippen LogP contribution in [0.15, 0.2) is 29.1 Å². The molecule has 2 aromatic heterocycles. The molecule has 0 fully saturated rings. The molecule has 0 saturated carbocycles. The molecule has 5 heteroatoms. The van der Waals surface area contributed by atoms with Crippen LogP contribution in [0.2, 0.25) is 0 Å². The molecule has 0 bridgehead atoms. The number of fused-ring (bicyclic) bond motifs is 1. The maximum absolute atomic E-state index is 12.7. The monoisotopic (exact) mass is 374 g/mol. The Morgan fingerprint density at radius 1 is 1.24 bits per heavy atom. The Kier molecular flexibility index (Phi) is 4.78. The van der Waals surface area contributed by atoms with Gasteiger partial charge in [-0.3, -0.25) is 4.79 Å². The SMILES string of the molecule is CCc1sc2nc(C(C)Cl)[nH]c(=O)c2c1-c1ccc(C(C)(C)C)cc1. The van der Waals surface area contributed by atoms with Gasteiger partial charge in [0.15, 0.2) is 0 Å². The van der Waals surface area contributed by atoms with Gasteiger partial charge in [-0.1, -0.05) is 52.0 Å². The summed E-state index contributed by atoms with van der Waals surface area (Å²) < 4.78 is 0. The third kappa shape index (κ3) is 3.38. The summed E-state index contributed by atoms with van der Waals surface area (Å²) >= 11 is 7.69. The average molecular weight is 375 g/mol. The number of alkyl halides is 1. The number of thiophene rings is 1. The number of hydrogen-bond acceptors (Lipinski definition) is 3. The molecule has 0 spiro atoms. The van der Waals surface area contributed by atoms with Crippen molar-refractivity contribution in [2.75, 3.05) is 0 Å². The molecule has 0 saturated heterocycles. The van der Waals surface area contributed by atoms with E-state index < -0.39 is 0 Å². The molecule has 3 nitrogen and oxygen atoms in total. The average Bonchev–Trinajstić information content (AvgIpc) is 2.93. The van der Waals surface area contributed by atoms with Gasteiger partial charge in [-0.2, -0.15) is 0 Å². The van der Waals surface area contributed by atoms with Crippen LogP contribution in [0.1, 0.15) is 56.3 Å². The normalized spacial score (nSPS) is 13.4. The Hall–Kier alpha value is -1.65. The molecule has 3 rings (SSSR count). The summed E-state index contributed by atoms with van der Waals surface area (Å²) in [5, 5.41) is 0.352. The number of rotatable bonds is 3. The van der Waals surface area contributed by atoms with Crippen LogP contribution in [0.25, 0.3) is 21.3 Å². The maximum Gasteiger partial charge on any atom is 0.260 e. The molecule has 0 aliphatic carbocycles. The maximum atomic E-state index is 12.7. The van der Waals surface area contributed by atoms with Crippen molar-refractivity contribution >= 4 is 33.2 Å². The molecule has 1 atom stereocenters. The molecule has 1 unspecified atom stereocenters. The van der Waals surface area contributed by atoms with Gasteiger partial charge in [0.1, 0.15) is 10.7 Å². The van der Waals surface area contributed by atoms with Gasteiger partial charge in [0.05, 0.1) is 10.8 Å². The highest BCUT2D eigenvalue weighted by Crippen LogP contribution is 2.37. The number of nitrogens with one attached hydrogen (secondary N) is 1. The molecule has 0 radical (unpaired) electrons. The van der Waals surface area contributed by atoms with Crippen LogP contribution < -0.4 is 5.56 Å². The van der Waals surface area contributed by atoms with E-state index in [0.29, 0.717) is 11.2 Å². The van der Waals surface area contributed by atoms with E-state index in [1.54, 1.807) is 11.3 Å². The Morgan fingerprint density at radius 2 is 1.88 bits per heavy atom. The van der Waals surface area contributed by atoms with E-state index in [2.05, 4.69) is 61.9 Å². The third-order valence-corrected chi connectivity index (χ3v) is 5.83. The number of aromatic nitrogens is 2. The van der Waals surface area contributed by atoms with Gasteiger partial charge in [0, 0.05) is 10.4 Å². The summed E-state index contributed by atoms with van der Waals surface area (Å²) in [6.45, 7) is 10.5. The van der Waals surface area contributed by atoms with Crippen molar-refractivity contribution in [3.8, 4) is 11.1 Å². The zero-order chi connectivity index (χ0) is 18.4. The Balaban J connectivity index is 2.23. The van der Waals surface area contributed by atoms with Gasteiger partial charge in [0.2, 0.25) is 0 Å². The molecule has 25 heavy (non-hydrogen) atoms. The van der Waals surface area contributed by atoms with Crippen LogP contribution in [0, 0.1) is 0 Å². The van der Waals surface area contributed by atoms with Crippen molar-refractivity contribution in [1.82, 2.24) is 9.97 Å². The van der Waals surface area contributed by atoms with E-state index in [1.165, 1.54) is 10.4 Å². The smallest absolute Gasteiger partial charge is 0.260 e. The second-order valence-electron chi connectivity index (χ2n) is 7.33. The van der Waals surface area contributed by atoms with Crippen LogP contribution in [0.5, 0.6) is 0 Å². The highest BCUT2D eigenvalue weighted by molar-refractivity contribution is 7.19. The highest BCUT2D eigenvalue weighted by Gasteiger charge is 2.20. The lowest BCUT2D eigenvalue weighted by Crippen LogP contribution is -2.12. The first-order valence-corrected chi connectivity index (χ1v) is 9.78. The summed E-state index contributed by atoms with van der Waals surface area (Å²) in [6, 6.07) is 8.52. The summed E-state index contributed by atoms with van der Waals surface area (Å²) in [7, 11) is 0. The van der Waals surface area contributed by atoms with E-state index in [4.69, 9.17) is 11.6 Å². The minimum absolute atomic E-state index is 0.104. The number of aryl methyl sites for hydroxylation is 1.